The van der Waals surface area contributed by atoms with Crippen LogP contribution < -0.4 is 15.2 Å². The van der Waals surface area contributed by atoms with Crippen LogP contribution in [0.25, 0.3) is 0 Å². The second kappa shape index (κ2) is 6.80. The van der Waals surface area contributed by atoms with Gasteiger partial charge in [-0.2, -0.15) is 0 Å². The molecule has 0 aliphatic carbocycles. The minimum atomic E-state index is 0.449. The first-order valence-corrected chi connectivity index (χ1v) is 7.35. The lowest BCUT2D eigenvalue weighted by atomic mass is 9.92. The molecule has 2 rings (SSSR count). The smallest absolute Gasteiger partial charge is 0.164 e. The predicted molar refractivity (Wildman–Crippen MR) is 78.1 cm³/mol. The van der Waals surface area contributed by atoms with Crippen molar-refractivity contribution in [2.45, 2.75) is 45.4 Å². The molecule has 0 bridgehead atoms. The topological polar surface area (TPSA) is 44.5 Å². The van der Waals surface area contributed by atoms with Crippen LogP contribution in [0.4, 0.5) is 0 Å². The molecule has 2 N–H and O–H groups in total. The zero-order chi connectivity index (χ0) is 13.7. The van der Waals surface area contributed by atoms with Crippen LogP contribution in [0.2, 0.25) is 0 Å². The van der Waals surface area contributed by atoms with Crippen LogP contribution in [0, 0.1) is 0 Å². The molecule has 1 heterocycles. The van der Waals surface area contributed by atoms with Crippen molar-refractivity contribution in [3.05, 3.63) is 23.3 Å². The molecule has 0 aromatic heterocycles. The molecule has 3 heteroatoms. The van der Waals surface area contributed by atoms with Gasteiger partial charge in [-0.05, 0) is 43.4 Å². The zero-order valence-electron chi connectivity index (χ0n) is 12.1. The van der Waals surface area contributed by atoms with Crippen molar-refractivity contribution in [2.24, 2.45) is 5.73 Å². The van der Waals surface area contributed by atoms with Crippen LogP contribution in [0.1, 0.15) is 50.2 Å². The summed E-state index contributed by atoms with van der Waals surface area (Å²) in [4.78, 5) is 0. The molecule has 0 saturated carbocycles. The standard InChI is InChI=1S/C16H25NO2/c1-12(2)15-13(6-3-4-9-17)7-8-14-16(15)19-11-5-10-18-14/h7-8,12H,3-6,9-11,17H2,1-2H3. The number of benzene rings is 1. The van der Waals surface area contributed by atoms with E-state index >= 15 is 0 Å². The van der Waals surface area contributed by atoms with Crippen LogP contribution in [0.5, 0.6) is 11.5 Å². The van der Waals surface area contributed by atoms with E-state index in [1.54, 1.807) is 0 Å². The van der Waals surface area contributed by atoms with Gasteiger partial charge in [-0.25, -0.2) is 0 Å². The quantitative estimate of drug-likeness (QED) is 0.829. The van der Waals surface area contributed by atoms with E-state index in [1.807, 2.05) is 0 Å². The highest BCUT2D eigenvalue weighted by atomic mass is 16.5. The maximum absolute atomic E-state index is 5.94. The molecule has 1 aromatic carbocycles. The van der Waals surface area contributed by atoms with Crippen LogP contribution in [-0.2, 0) is 6.42 Å². The highest BCUT2D eigenvalue weighted by Crippen LogP contribution is 2.40. The lowest BCUT2D eigenvalue weighted by Crippen LogP contribution is -2.05. The molecule has 1 aliphatic rings. The maximum atomic E-state index is 5.94. The fourth-order valence-electron chi connectivity index (χ4n) is 2.61. The molecule has 3 nitrogen and oxygen atoms in total. The van der Waals surface area contributed by atoms with E-state index in [2.05, 4.69) is 26.0 Å². The molecule has 0 unspecified atom stereocenters. The summed E-state index contributed by atoms with van der Waals surface area (Å²) < 4.78 is 11.7. The van der Waals surface area contributed by atoms with Gasteiger partial charge >= 0.3 is 0 Å². The predicted octanol–water partition coefficient (Wildman–Crippen LogP) is 3.25. The van der Waals surface area contributed by atoms with Gasteiger partial charge < -0.3 is 15.2 Å². The van der Waals surface area contributed by atoms with Crippen molar-refractivity contribution in [1.29, 1.82) is 0 Å². The molecule has 106 valence electrons. The molecular formula is C16H25NO2. The number of hydrogen-bond donors (Lipinski definition) is 1. The number of aryl methyl sites for hydroxylation is 1. The van der Waals surface area contributed by atoms with Crippen molar-refractivity contribution < 1.29 is 9.47 Å². The van der Waals surface area contributed by atoms with Gasteiger partial charge in [-0.1, -0.05) is 19.9 Å². The summed E-state index contributed by atoms with van der Waals surface area (Å²) in [6.45, 7) is 6.70. The van der Waals surface area contributed by atoms with Gasteiger partial charge in [-0.3, -0.25) is 0 Å². The average Bonchev–Trinajstić information content (AvgIpc) is 2.63. The molecule has 0 spiro atoms. The average molecular weight is 263 g/mol. The Morgan fingerprint density at radius 1 is 1.16 bits per heavy atom. The Morgan fingerprint density at radius 2 is 1.95 bits per heavy atom. The second-order valence-electron chi connectivity index (χ2n) is 5.42. The molecular weight excluding hydrogens is 238 g/mol. The molecule has 1 aromatic rings. The van der Waals surface area contributed by atoms with Crippen LogP contribution in [-0.4, -0.2) is 19.8 Å². The molecule has 19 heavy (non-hydrogen) atoms. The van der Waals surface area contributed by atoms with E-state index in [4.69, 9.17) is 15.2 Å². The third-order valence-electron chi connectivity index (χ3n) is 3.52. The summed E-state index contributed by atoms with van der Waals surface area (Å²) in [6.07, 6.45) is 4.23. The zero-order valence-corrected chi connectivity index (χ0v) is 12.1. The number of nitrogens with two attached hydrogens (primary N) is 1. The van der Waals surface area contributed by atoms with E-state index in [0.29, 0.717) is 5.92 Å². The van der Waals surface area contributed by atoms with Gasteiger partial charge in [0.05, 0.1) is 13.2 Å². The van der Waals surface area contributed by atoms with Crippen molar-refractivity contribution in [3.8, 4) is 11.5 Å². The third-order valence-corrected chi connectivity index (χ3v) is 3.52. The van der Waals surface area contributed by atoms with Crippen molar-refractivity contribution in [3.63, 3.8) is 0 Å². The van der Waals surface area contributed by atoms with E-state index in [9.17, 15) is 0 Å². The van der Waals surface area contributed by atoms with E-state index in [-0.39, 0.29) is 0 Å². The monoisotopic (exact) mass is 263 g/mol. The Labute approximate surface area is 116 Å². The number of fused-ring (bicyclic) bond motifs is 1. The van der Waals surface area contributed by atoms with Gasteiger partial charge in [0.15, 0.2) is 11.5 Å². The fraction of sp³-hybridized carbons (Fsp3) is 0.625. The summed E-state index contributed by atoms with van der Waals surface area (Å²) in [7, 11) is 0. The summed E-state index contributed by atoms with van der Waals surface area (Å²) in [5, 5.41) is 0. The largest absolute Gasteiger partial charge is 0.490 e. The van der Waals surface area contributed by atoms with Crippen LogP contribution in [0.3, 0.4) is 0 Å². The SMILES string of the molecule is CC(C)c1c(CCCCN)ccc2c1OCCCO2. The number of rotatable bonds is 5. The summed E-state index contributed by atoms with van der Waals surface area (Å²) >= 11 is 0. The fourth-order valence-corrected chi connectivity index (χ4v) is 2.61. The maximum Gasteiger partial charge on any atom is 0.164 e. The lowest BCUT2D eigenvalue weighted by molar-refractivity contribution is 0.295. The van der Waals surface area contributed by atoms with Gasteiger partial charge in [0.1, 0.15) is 0 Å². The van der Waals surface area contributed by atoms with Crippen molar-refractivity contribution >= 4 is 0 Å². The van der Waals surface area contributed by atoms with E-state index < -0.39 is 0 Å². The van der Waals surface area contributed by atoms with E-state index in [0.717, 1.165) is 56.9 Å². The number of unbranched alkanes of at least 4 members (excludes halogenated alkanes) is 1. The Kier molecular flexibility index (Phi) is 5.08. The number of ether oxygens (including phenoxy) is 2. The summed E-state index contributed by atoms with van der Waals surface area (Å²) in [5.74, 6) is 2.33. The minimum absolute atomic E-state index is 0.449. The molecule has 0 atom stereocenters. The molecule has 1 aliphatic heterocycles. The van der Waals surface area contributed by atoms with Gasteiger partial charge in [-0.15, -0.1) is 0 Å². The van der Waals surface area contributed by atoms with Crippen molar-refractivity contribution in [2.75, 3.05) is 19.8 Å². The first-order chi connectivity index (χ1) is 9.24. The molecule has 0 fully saturated rings. The second-order valence-corrected chi connectivity index (χ2v) is 5.42. The molecule has 0 radical (unpaired) electrons. The van der Waals surface area contributed by atoms with Gasteiger partial charge in [0.2, 0.25) is 0 Å². The summed E-state index contributed by atoms with van der Waals surface area (Å²) in [5.41, 5.74) is 8.28. The van der Waals surface area contributed by atoms with Crippen LogP contribution in [0.15, 0.2) is 12.1 Å². The Balaban J connectivity index is 2.30. The molecule has 0 saturated heterocycles. The first-order valence-electron chi connectivity index (χ1n) is 7.35. The van der Waals surface area contributed by atoms with E-state index in [1.165, 1.54) is 11.1 Å². The van der Waals surface area contributed by atoms with Gasteiger partial charge in [0, 0.05) is 12.0 Å². The lowest BCUT2D eigenvalue weighted by Gasteiger charge is -2.19. The Morgan fingerprint density at radius 3 is 2.68 bits per heavy atom. The third kappa shape index (κ3) is 3.41. The Bertz CT molecular complexity index is 415. The Hall–Kier alpha value is -1.22. The highest BCUT2D eigenvalue weighted by molar-refractivity contribution is 5.52. The van der Waals surface area contributed by atoms with Gasteiger partial charge in [0.25, 0.3) is 0 Å². The molecule has 0 amide bonds. The summed E-state index contributed by atoms with van der Waals surface area (Å²) in [6, 6.07) is 4.25. The normalized spacial score (nSPS) is 14.5. The highest BCUT2D eigenvalue weighted by Gasteiger charge is 2.20. The first kappa shape index (κ1) is 14.2. The number of hydrogen-bond acceptors (Lipinski definition) is 3. The van der Waals surface area contributed by atoms with Crippen molar-refractivity contribution in [1.82, 2.24) is 0 Å². The van der Waals surface area contributed by atoms with Crippen LogP contribution >= 0.6 is 0 Å². The minimum Gasteiger partial charge on any atom is -0.490 e.